The molecule has 1 aromatic rings. The zero-order valence-corrected chi connectivity index (χ0v) is 9.17. The molecule has 1 fully saturated rings. The van der Waals surface area contributed by atoms with Crippen LogP contribution in [-0.4, -0.2) is 19.1 Å². The number of rotatable bonds is 1. The van der Waals surface area contributed by atoms with E-state index in [4.69, 9.17) is 5.73 Å². The Balaban J connectivity index is 2.33. The van der Waals surface area contributed by atoms with Crippen LogP contribution in [0, 0.1) is 20.8 Å². The Morgan fingerprint density at radius 1 is 1.14 bits per heavy atom. The molecule has 14 heavy (non-hydrogen) atoms. The lowest BCUT2D eigenvalue weighted by molar-refractivity contribution is 0.517. The Hall–Kier alpha value is -1.02. The Labute approximate surface area is 85.7 Å². The van der Waals surface area contributed by atoms with Gasteiger partial charge >= 0.3 is 0 Å². The van der Waals surface area contributed by atoms with E-state index in [1.165, 1.54) is 22.4 Å². The van der Waals surface area contributed by atoms with Crippen LogP contribution >= 0.6 is 0 Å². The monoisotopic (exact) mass is 190 g/mol. The molecule has 0 radical (unpaired) electrons. The molecule has 1 aliphatic heterocycles. The van der Waals surface area contributed by atoms with E-state index in [1.807, 2.05) is 0 Å². The Kier molecular flexibility index (Phi) is 2.23. The summed E-state index contributed by atoms with van der Waals surface area (Å²) in [6.07, 6.45) is 0. The molecule has 1 saturated heterocycles. The fourth-order valence-electron chi connectivity index (χ4n) is 2.37. The van der Waals surface area contributed by atoms with Crippen LogP contribution in [0.2, 0.25) is 0 Å². The topological polar surface area (TPSA) is 29.3 Å². The van der Waals surface area contributed by atoms with Gasteiger partial charge in [0.05, 0.1) is 0 Å². The zero-order chi connectivity index (χ0) is 10.3. The van der Waals surface area contributed by atoms with Crippen LogP contribution in [0.3, 0.4) is 0 Å². The van der Waals surface area contributed by atoms with E-state index >= 15 is 0 Å². The van der Waals surface area contributed by atoms with E-state index in [1.54, 1.807) is 0 Å². The van der Waals surface area contributed by atoms with Gasteiger partial charge < -0.3 is 10.6 Å². The number of nitrogens with zero attached hydrogens (tertiary/aromatic N) is 1. The summed E-state index contributed by atoms with van der Waals surface area (Å²) in [5, 5.41) is 0. The molecule has 76 valence electrons. The quantitative estimate of drug-likeness (QED) is 0.731. The van der Waals surface area contributed by atoms with Crippen molar-refractivity contribution in [3.05, 3.63) is 28.8 Å². The highest BCUT2D eigenvalue weighted by Gasteiger charge is 2.25. The number of nitrogens with two attached hydrogens (primary N) is 1. The first-order valence-corrected chi connectivity index (χ1v) is 5.16. The van der Waals surface area contributed by atoms with Crippen molar-refractivity contribution in [3.63, 3.8) is 0 Å². The van der Waals surface area contributed by atoms with Gasteiger partial charge in [0.15, 0.2) is 0 Å². The Morgan fingerprint density at radius 3 is 2.07 bits per heavy atom. The highest BCUT2D eigenvalue weighted by molar-refractivity contribution is 5.61. The summed E-state index contributed by atoms with van der Waals surface area (Å²) in [5.74, 6) is 0. The summed E-state index contributed by atoms with van der Waals surface area (Å²) in [5.41, 5.74) is 11.3. The lowest BCUT2D eigenvalue weighted by Gasteiger charge is -2.40. The highest BCUT2D eigenvalue weighted by Crippen LogP contribution is 2.29. The molecule has 2 heteroatoms. The first-order valence-electron chi connectivity index (χ1n) is 5.16. The van der Waals surface area contributed by atoms with Gasteiger partial charge in [-0.3, -0.25) is 0 Å². The lowest BCUT2D eigenvalue weighted by atomic mass is 10.00. The fourth-order valence-corrected chi connectivity index (χ4v) is 2.37. The largest absolute Gasteiger partial charge is 0.368 e. The summed E-state index contributed by atoms with van der Waals surface area (Å²) < 4.78 is 0. The van der Waals surface area contributed by atoms with Crippen molar-refractivity contribution >= 4 is 5.69 Å². The van der Waals surface area contributed by atoms with Gasteiger partial charge in [0.1, 0.15) is 0 Å². The number of hydrogen-bond acceptors (Lipinski definition) is 2. The molecule has 0 aliphatic carbocycles. The Morgan fingerprint density at radius 2 is 1.64 bits per heavy atom. The fraction of sp³-hybridized carbons (Fsp3) is 0.500. The number of hydrogen-bond donors (Lipinski definition) is 1. The zero-order valence-electron chi connectivity index (χ0n) is 9.17. The minimum atomic E-state index is 0.370. The van der Waals surface area contributed by atoms with Gasteiger partial charge in [-0.25, -0.2) is 0 Å². The molecule has 1 aromatic carbocycles. The molecule has 2 nitrogen and oxygen atoms in total. The van der Waals surface area contributed by atoms with Crippen LogP contribution in [0.4, 0.5) is 5.69 Å². The third kappa shape index (κ3) is 1.50. The van der Waals surface area contributed by atoms with Gasteiger partial charge in [-0.2, -0.15) is 0 Å². The van der Waals surface area contributed by atoms with Crippen molar-refractivity contribution in [1.29, 1.82) is 0 Å². The van der Waals surface area contributed by atoms with Crippen LogP contribution < -0.4 is 10.6 Å². The van der Waals surface area contributed by atoms with E-state index in [0.717, 1.165) is 13.1 Å². The second-order valence-electron chi connectivity index (χ2n) is 4.41. The predicted molar refractivity (Wildman–Crippen MR) is 60.8 cm³/mol. The SMILES string of the molecule is Cc1cc(C)c(N2CC(N)C2)c(C)c1. The van der Waals surface area contributed by atoms with Crippen LogP contribution in [0.25, 0.3) is 0 Å². The normalized spacial score (nSPS) is 17.0. The third-order valence-electron chi connectivity index (χ3n) is 2.86. The van der Waals surface area contributed by atoms with Crippen molar-refractivity contribution < 1.29 is 0 Å². The molecule has 1 heterocycles. The van der Waals surface area contributed by atoms with E-state index in [-0.39, 0.29) is 0 Å². The smallest absolute Gasteiger partial charge is 0.0426 e. The van der Waals surface area contributed by atoms with Gasteiger partial charge in [-0.15, -0.1) is 0 Å². The first kappa shape index (κ1) is 9.53. The molecule has 2 N–H and O–H groups in total. The second-order valence-corrected chi connectivity index (χ2v) is 4.41. The van der Waals surface area contributed by atoms with E-state index in [0.29, 0.717) is 6.04 Å². The summed E-state index contributed by atoms with van der Waals surface area (Å²) in [4.78, 5) is 2.37. The minimum absolute atomic E-state index is 0.370. The van der Waals surface area contributed by atoms with E-state index in [2.05, 4.69) is 37.8 Å². The molecule has 0 atom stereocenters. The van der Waals surface area contributed by atoms with E-state index < -0.39 is 0 Å². The molecule has 0 aromatic heterocycles. The molecule has 1 aliphatic rings. The molecule has 0 amide bonds. The molecule has 2 rings (SSSR count). The standard InChI is InChI=1S/C12H18N2/c1-8-4-9(2)12(10(3)5-8)14-6-11(13)7-14/h4-5,11H,6-7,13H2,1-3H3. The van der Waals surface area contributed by atoms with Gasteiger partial charge in [0, 0.05) is 24.8 Å². The average molecular weight is 190 g/mol. The van der Waals surface area contributed by atoms with Gasteiger partial charge in [0.25, 0.3) is 0 Å². The minimum Gasteiger partial charge on any atom is -0.368 e. The second kappa shape index (κ2) is 3.28. The third-order valence-corrected chi connectivity index (χ3v) is 2.86. The summed E-state index contributed by atoms with van der Waals surface area (Å²) in [6, 6.07) is 4.85. The van der Waals surface area contributed by atoms with Gasteiger partial charge in [-0.1, -0.05) is 17.7 Å². The number of anilines is 1. The lowest BCUT2D eigenvalue weighted by Crippen LogP contribution is -2.56. The highest BCUT2D eigenvalue weighted by atomic mass is 15.2. The molecule has 0 saturated carbocycles. The predicted octanol–water partition coefficient (Wildman–Crippen LogP) is 1.76. The maximum Gasteiger partial charge on any atom is 0.0426 e. The maximum absolute atomic E-state index is 5.79. The van der Waals surface area contributed by atoms with Crippen LogP contribution in [0.1, 0.15) is 16.7 Å². The molecular formula is C12H18N2. The van der Waals surface area contributed by atoms with Crippen molar-refractivity contribution in [2.45, 2.75) is 26.8 Å². The van der Waals surface area contributed by atoms with E-state index in [9.17, 15) is 0 Å². The molecule has 0 unspecified atom stereocenters. The van der Waals surface area contributed by atoms with Gasteiger partial charge in [-0.05, 0) is 31.9 Å². The van der Waals surface area contributed by atoms with Crippen molar-refractivity contribution in [2.24, 2.45) is 5.73 Å². The van der Waals surface area contributed by atoms with Gasteiger partial charge in [0.2, 0.25) is 0 Å². The average Bonchev–Trinajstić information content (AvgIpc) is 1.99. The molecule has 0 spiro atoms. The maximum atomic E-state index is 5.79. The molecular weight excluding hydrogens is 172 g/mol. The van der Waals surface area contributed by atoms with Crippen molar-refractivity contribution in [1.82, 2.24) is 0 Å². The van der Waals surface area contributed by atoms with Crippen molar-refractivity contribution in [3.8, 4) is 0 Å². The summed E-state index contributed by atoms with van der Waals surface area (Å²) in [7, 11) is 0. The summed E-state index contributed by atoms with van der Waals surface area (Å²) >= 11 is 0. The van der Waals surface area contributed by atoms with Crippen LogP contribution in [-0.2, 0) is 0 Å². The summed E-state index contributed by atoms with van der Waals surface area (Å²) in [6.45, 7) is 8.51. The molecule has 0 bridgehead atoms. The number of benzene rings is 1. The van der Waals surface area contributed by atoms with Crippen LogP contribution in [0.5, 0.6) is 0 Å². The first-order chi connectivity index (χ1) is 6.58. The number of aryl methyl sites for hydroxylation is 3. The van der Waals surface area contributed by atoms with Crippen LogP contribution in [0.15, 0.2) is 12.1 Å². The Bertz CT molecular complexity index is 328. The van der Waals surface area contributed by atoms with Crippen molar-refractivity contribution in [2.75, 3.05) is 18.0 Å².